The molecule has 0 bridgehead atoms. The van der Waals surface area contributed by atoms with Crippen LogP contribution in [0, 0.1) is 0 Å². The molecule has 0 aromatic carbocycles. The summed E-state index contributed by atoms with van der Waals surface area (Å²) < 4.78 is 25.8. The van der Waals surface area contributed by atoms with Gasteiger partial charge in [-0.25, -0.2) is 13.1 Å². The maximum Gasteiger partial charge on any atom is 0.250 e. The fourth-order valence-electron chi connectivity index (χ4n) is 1.52. The fourth-order valence-corrected chi connectivity index (χ4v) is 4.10. The largest absolute Gasteiger partial charge is 0.348 e. The molecule has 7 heteroatoms. The first kappa shape index (κ1) is 10.6. The van der Waals surface area contributed by atoms with Crippen molar-refractivity contribution in [1.29, 1.82) is 0 Å². The Hall–Kier alpha value is -0.920. The molecular formula is C8H10N2O3S2. The van der Waals surface area contributed by atoms with Crippen molar-refractivity contribution in [2.24, 2.45) is 0 Å². The lowest BCUT2D eigenvalue weighted by Gasteiger charge is -2.23. The van der Waals surface area contributed by atoms with Crippen molar-refractivity contribution in [2.75, 3.05) is 6.54 Å². The molecule has 0 aliphatic carbocycles. The van der Waals surface area contributed by atoms with Crippen LogP contribution < -0.4 is 10.0 Å². The third-order valence-electron chi connectivity index (χ3n) is 2.13. The summed E-state index contributed by atoms with van der Waals surface area (Å²) in [5.41, 5.74) is 0.675. The van der Waals surface area contributed by atoms with Gasteiger partial charge in [0.2, 0.25) is 15.9 Å². The van der Waals surface area contributed by atoms with Gasteiger partial charge in [0.25, 0.3) is 0 Å². The maximum absolute atomic E-state index is 11.6. The predicted molar refractivity (Wildman–Crippen MR) is 56.1 cm³/mol. The number of amides is 1. The van der Waals surface area contributed by atoms with Gasteiger partial charge in [-0.05, 0) is 11.4 Å². The number of thiophene rings is 1. The predicted octanol–water partition coefficient (Wildman–Crippen LogP) is 0.217. The van der Waals surface area contributed by atoms with E-state index in [1.54, 1.807) is 11.4 Å². The molecule has 0 saturated carbocycles. The molecule has 0 spiro atoms. The summed E-state index contributed by atoms with van der Waals surface area (Å²) in [5.74, 6) is -0.168. The molecule has 1 aromatic rings. The van der Waals surface area contributed by atoms with Crippen LogP contribution in [0.15, 0.2) is 15.7 Å². The smallest absolute Gasteiger partial charge is 0.250 e. The van der Waals surface area contributed by atoms with Gasteiger partial charge in [0.15, 0.2) is 0 Å². The first-order chi connectivity index (χ1) is 7.00. The molecule has 15 heavy (non-hydrogen) atoms. The van der Waals surface area contributed by atoms with Gasteiger partial charge in [0, 0.05) is 19.0 Å². The normalized spacial score (nSPS) is 23.1. The van der Waals surface area contributed by atoms with Crippen molar-refractivity contribution >= 4 is 27.3 Å². The van der Waals surface area contributed by atoms with E-state index in [4.69, 9.17) is 0 Å². The third-order valence-corrected chi connectivity index (χ3v) is 5.07. The van der Waals surface area contributed by atoms with Crippen LogP contribution in [0.2, 0.25) is 0 Å². The van der Waals surface area contributed by atoms with Crippen LogP contribution in [0.5, 0.6) is 0 Å². The zero-order chi connectivity index (χ0) is 11.1. The standard InChI is InChI=1S/C8H10N2O3S2/c1-5(11)10-7-4-9-15(12,13)8-6(7)2-3-14-8/h2-3,7,9H,4H2,1H3,(H,10,11). The highest BCUT2D eigenvalue weighted by Crippen LogP contribution is 2.31. The number of hydrogen-bond acceptors (Lipinski definition) is 4. The van der Waals surface area contributed by atoms with Crippen LogP contribution in [0.4, 0.5) is 0 Å². The lowest BCUT2D eigenvalue weighted by Crippen LogP contribution is -2.41. The Morgan fingerprint density at radius 2 is 2.40 bits per heavy atom. The lowest BCUT2D eigenvalue weighted by molar-refractivity contribution is -0.119. The second-order valence-electron chi connectivity index (χ2n) is 3.27. The van der Waals surface area contributed by atoms with Gasteiger partial charge in [-0.2, -0.15) is 0 Å². The van der Waals surface area contributed by atoms with Crippen LogP contribution in [-0.2, 0) is 14.8 Å². The summed E-state index contributed by atoms with van der Waals surface area (Å²) in [5, 5.41) is 4.41. The molecule has 2 N–H and O–H groups in total. The topological polar surface area (TPSA) is 75.3 Å². The minimum Gasteiger partial charge on any atom is -0.348 e. The molecule has 0 saturated heterocycles. The Kier molecular flexibility index (Phi) is 2.53. The molecule has 1 atom stereocenters. The number of nitrogens with one attached hydrogen (secondary N) is 2. The second-order valence-corrected chi connectivity index (χ2v) is 6.15. The third kappa shape index (κ3) is 1.90. The maximum atomic E-state index is 11.6. The molecule has 1 unspecified atom stereocenters. The zero-order valence-electron chi connectivity index (χ0n) is 7.98. The molecule has 1 aliphatic heterocycles. The van der Waals surface area contributed by atoms with E-state index in [-0.39, 0.29) is 18.5 Å². The number of fused-ring (bicyclic) bond motifs is 1. The number of carbonyl (C=O) groups excluding carboxylic acids is 1. The van der Waals surface area contributed by atoms with Crippen molar-refractivity contribution in [3.63, 3.8) is 0 Å². The van der Waals surface area contributed by atoms with Crippen molar-refractivity contribution in [3.05, 3.63) is 17.0 Å². The minimum absolute atomic E-state index is 0.168. The van der Waals surface area contributed by atoms with E-state index in [1.807, 2.05) is 0 Å². The number of hydrogen-bond donors (Lipinski definition) is 2. The lowest BCUT2D eigenvalue weighted by atomic mass is 10.1. The van der Waals surface area contributed by atoms with E-state index in [9.17, 15) is 13.2 Å². The Morgan fingerprint density at radius 3 is 3.07 bits per heavy atom. The first-order valence-corrected chi connectivity index (χ1v) is 6.71. The van der Waals surface area contributed by atoms with Gasteiger partial charge in [-0.3, -0.25) is 4.79 Å². The van der Waals surface area contributed by atoms with Crippen LogP contribution >= 0.6 is 11.3 Å². The highest BCUT2D eigenvalue weighted by molar-refractivity contribution is 7.91. The average Bonchev–Trinajstić information content (AvgIpc) is 2.59. The van der Waals surface area contributed by atoms with Crippen molar-refractivity contribution in [1.82, 2.24) is 10.0 Å². The average molecular weight is 246 g/mol. The Bertz CT molecular complexity index is 492. The van der Waals surface area contributed by atoms with Crippen LogP contribution in [0.3, 0.4) is 0 Å². The SMILES string of the molecule is CC(=O)NC1CNS(=O)(=O)c2sccc21. The molecular weight excluding hydrogens is 236 g/mol. The summed E-state index contributed by atoms with van der Waals surface area (Å²) in [6.45, 7) is 1.63. The fraction of sp³-hybridized carbons (Fsp3) is 0.375. The molecule has 2 heterocycles. The summed E-state index contributed by atoms with van der Waals surface area (Å²) in [6, 6.07) is 1.48. The van der Waals surface area contributed by atoms with Crippen molar-refractivity contribution in [3.8, 4) is 0 Å². The summed E-state index contributed by atoms with van der Waals surface area (Å²) in [7, 11) is -3.35. The number of carbonyl (C=O) groups is 1. The molecule has 1 amide bonds. The number of rotatable bonds is 1. The molecule has 2 rings (SSSR count). The highest BCUT2D eigenvalue weighted by atomic mass is 32.2. The van der Waals surface area contributed by atoms with Gasteiger partial charge in [-0.15, -0.1) is 11.3 Å². The Labute approximate surface area is 91.5 Å². The monoisotopic (exact) mass is 246 g/mol. The Balaban J connectivity index is 2.40. The van der Waals surface area contributed by atoms with Gasteiger partial charge < -0.3 is 5.32 Å². The van der Waals surface area contributed by atoms with E-state index in [0.29, 0.717) is 9.77 Å². The van der Waals surface area contributed by atoms with Crippen LogP contribution in [-0.4, -0.2) is 20.9 Å². The summed E-state index contributed by atoms with van der Waals surface area (Å²) in [4.78, 5) is 10.9. The summed E-state index contributed by atoms with van der Waals surface area (Å²) in [6.07, 6.45) is 0. The zero-order valence-corrected chi connectivity index (χ0v) is 9.61. The molecule has 1 aromatic heterocycles. The first-order valence-electron chi connectivity index (χ1n) is 4.35. The van der Waals surface area contributed by atoms with E-state index >= 15 is 0 Å². The molecule has 5 nitrogen and oxygen atoms in total. The molecule has 0 radical (unpaired) electrons. The van der Waals surface area contributed by atoms with E-state index in [0.717, 1.165) is 11.3 Å². The van der Waals surface area contributed by atoms with Gasteiger partial charge in [0.05, 0.1) is 6.04 Å². The highest BCUT2D eigenvalue weighted by Gasteiger charge is 2.31. The molecule has 82 valence electrons. The number of sulfonamides is 1. The van der Waals surface area contributed by atoms with Crippen LogP contribution in [0.25, 0.3) is 0 Å². The van der Waals surface area contributed by atoms with Crippen molar-refractivity contribution < 1.29 is 13.2 Å². The Morgan fingerprint density at radius 1 is 1.67 bits per heavy atom. The molecule has 0 fully saturated rings. The van der Waals surface area contributed by atoms with Gasteiger partial charge >= 0.3 is 0 Å². The summed E-state index contributed by atoms with van der Waals surface area (Å²) >= 11 is 1.16. The minimum atomic E-state index is -3.35. The van der Waals surface area contributed by atoms with Gasteiger partial charge in [0.1, 0.15) is 4.21 Å². The van der Waals surface area contributed by atoms with E-state index < -0.39 is 10.0 Å². The molecule has 1 aliphatic rings. The van der Waals surface area contributed by atoms with Gasteiger partial charge in [-0.1, -0.05) is 0 Å². The van der Waals surface area contributed by atoms with E-state index in [2.05, 4.69) is 10.0 Å². The van der Waals surface area contributed by atoms with E-state index in [1.165, 1.54) is 6.92 Å². The van der Waals surface area contributed by atoms with Crippen LogP contribution in [0.1, 0.15) is 18.5 Å². The quantitative estimate of drug-likeness (QED) is 0.744. The second kappa shape index (κ2) is 3.58. The van der Waals surface area contributed by atoms with Crippen molar-refractivity contribution in [2.45, 2.75) is 17.2 Å².